The van der Waals surface area contributed by atoms with Crippen molar-refractivity contribution in [3.8, 4) is 17.2 Å². The van der Waals surface area contributed by atoms with E-state index >= 15 is 0 Å². The molecule has 204 valence electrons. The summed E-state index contributed by atoms with van der Waals surface area (Å²) in [6, 6.07) is 11.3. The van der Waals surface area contributed by atoms with Crippen LogP contribution in [0.15, 0.2) is 60.7 Å². The van der Waals surface area contributed by atoms with E-state index in [9.17, 15) is 14.7 Å². The monoisotopic (exact) mass is 522 g/mol. The topological polar surface area (TPSA) is 88.5 Å². The second-order valence-corrected chi connectivity index (χ2v) is 8.90. The minimum absolute atomic E-state index is 0.0404. The molecule has 8 heteroatoms. The lowest BCUT2D eigenvalue weighted by Crippen LogP contribution is -2.38. The number of carbonyl (C=O) groups excluding carboxylic acids is 2. The lowest BCUT2D eigenvalue weighted by atomic mass is 9.95. The molecule has 2 aromatic rings. The fourth-order valence-corrected chi connectivity index (χ4v) is 4.45. The molecule has 2 aromatic carbocycles. The number of ketones is 1. The van der Waals surface area contributed by atoms with E-state index in [2.05, 4.69) is 25.3 Å². The summed E-state index contributed by atoms with van der Waals surface area (Å²) in [7, 11) is 1.53. The molecule has 0 aliphatic carbocycles. The molecule has 0 saturated carbocycles. The Labute approximate surface area is 225 Å². The number of benzene rings is 2. The van der Waals surface area contributed by atoms with Crippen LogP contribution in [0.2, 0.25) is 0 Å². The van der Waals surface area contributed by atoms with E-state index in [-0.39, 0.29) is 11.3 Å². The summed E-state index contributed by atoms with van der Waals surface area (Å²) in [4.78, 5) is 30.4. The first-order chi connectivity index (χ1) is 18.4. The summed E-state index contributed by atoms with van der Waals surface area (Å²) in [5, 5.41) is 11.4. The average Bonchev–Trinajstić information content (AvgIpc) is 3.20. The van der Waals surface area contributed by atoms with E-state index in [4.69, 9.17) is 14.2 Å². The number of hydrogen-bond donors (Lipinski definition) is 1. The largest absolute Gasteiger partial charge is 0.507 e. The number of ether oxygens (including phenoxy) is 3. The molecule has 1 atom stereocenters. The third kappa shape index (κ3) is 6.37. The van der Waals surface area contributed by atoms with Crippen molar-refractivity contribution >= 4 is 17.4 Å². The summed E-state index contributed by atoms with van der Waals surface area (Å²) < 4.78 is 16.9. The quantitative estimate of drug-likeness (QED) is 0.165. The van der Waals surface area contributed by atoms with Gasteiger partial charge in [-0.15, -0.1) is 0 Å². The normalized spacial score (nSPS) is 16.7. The van der Waals surface area contributed by atoms with E-state index in [1.54, 1.807) is 48.5 Å². The zero-order chi connectivity index (χ0) is 27.7. The molecule has 0 aromatic heterocycles. The Morgan fingerprint density at radius 3 is 2.37 bits per heavy atom. The first-order valence-corrected chi connectivity index (χ1v) is 13.1. The third-order valence-corrected chi connectivity index (χ3v) is 6.55. The Morgan fingerprint density at radius 1 is 1.05 bits per heavy atom. The van der Waals surface area contributed by atoms with Gasteiger partial charge in [-0.1, -0.05) is 39.5 Å². The molecule has 0 spiro atoms. The Kier molecular flexibility index (Phi) is 10.4. The van der Waals surface area contributed by atoms with Crippen molar-refractivity contribution in [3.63, 3.8) is 0 Å². The minimum Gasteiger partial charge on any atom is -0.507 e. The number of nitrogens with zero attached hydrogens (tertiary/aromatic N) is 2. The first kappa shape index (κ1) is 28.8. The van der Waals surface area contributed by atoms with E-state index in [1.165, 1.54) is 12.0 Å². The van der Waals surface area contributed by atoms with Crippen LogP contribution in [-0.4, -0.2) is 73.1 Å². The van der Waals surface area contributed by atoms with Gasteiger partial charge in [0.05, 0.1) is 25.3 Å². The van der Waals surface area contributed by atoms with E-state index in [1.807, 2.05) is 6.92 Å². The predicted octanol–water partition coefficient (Wildman–Crippen LogP) is 4.81. The molecule has 1 N–H and O–H groups in total. The zero-order valence-electron chi connectivity index (χ0n) is 22.7. The molecule has 1 heterocycles. The number of rotatable bonds is 14. The van der Waals surface area contributed by atoms with Crippen molar-refractivity contribution in [3.05, 3.63) is 71.8 Å². The van der Waals surface area contributed by atoms with Crippen LogP contribution in [0.25, 0.3) is 5.76 Å². The van der Waals surface area contributed by atoms with E-state index in [0.717, 1.165) is 19.5 Å². The summed E-state index contributed by atoms with van der Waals surface area (Å²) in [6.45, 7) is 13.2. The smallest absolute Gasteiger partial charge is 0.295 e. The lowest BCUT2D eigenvalue weighted by Gasteiger charge is -2.28. The Morgan fingerprint density at radius 2 is 1.76 bits per heavy atom. The van der Waals surface area contributed by atoms with Crippen LogP contribution in [0, 0.1) is 0 Å². The zero-order valence-corrected chi connectivity index (χ0v) is 22.7. The van der Waals surface area contributed by atoms with Gasteiger partial charge < -0.3 is 29.1 Å². The van der Waals surface area contributed by atoms with Crippen molar-refractivity contribution in [2.45, 2.75) is 33.2 Å². The SMILES string of the molecule is C=CCOc1ccc(C2C(=C(O)c3ccc(OCCC)cc3)C(=O)C(=O)N2CCN(CC)CC)cc1OC. The van der Waals surface area contributed by atoms with Gasteiger partial charge in [-0.25, -0.2) is 0 Å². The first-order valence-electron chi connectivity index (χ1n) is 13.1. The number of carbonyl (C=O) groups is 2. The van der Waals surface area contributed by atoms with Crippen LogP contribution in [-0.2, 0) is 9.59 Å². The second-order valence-electron chi connectivity index (χ2n) is 8.90. The third-order valence-electron chi connectivity index (χ3n) is 6.55. The summed E-state index contributed by atoms with van der Waals surface area (Å²) >= 11 is 0. The van der Waals surface area contributed by atoms with Crippen LogP contribution in [0.3, 0.4) is 0 Å². The summed E-state index contributed by atoms with van der Waals surface area (Å²) in [5.74, 6) is 0.0445. The van der Waals surface area contributed by atoms with Gasteiger partial charge in [0, 0.05) is 18.7 Å². The fourth-order valence-electron chi connectivity index (χ4n) is 4.45. The summed E-state index contributed by atoms with van der Waals surface area (Å²) in [6.07, 6.45) is 2.51. The average molecular weight is 523 g/mol. The maximum atomic E-state index is 13.4. The van der Waals surface area contributed by atoms with E-state index < -0.39 is 17.7 Å². The highest BCUT2D eigenvalue weighted by Crippen LogP contribution is 2.42. The van der Waals surface area contributed by atoms with Gasteiger partial charge in [-0.2, -0.15) is 0 Å². The van der Waals surface area contributed by atoms with Crippen molar-refractivity contribution in [2.24, 2.45) is 0 Å². The van der Waals surface area contributed by atoms with Crippen LogP contribution >= 0.6 is 0 Å². The number of likely N-dealkylation sites (tertiary alicyclic amines) is 1. The highest BCUT2D eigenvalue weighted by atomic mass is 16.5. The Hall–Kier alpha value is -3.78. The molecular weight excluding hydrogens is 484 g/mol. The molecule has 8 nitrogen and oxygen atoms in total. The van der Waals surface area contributed by atoms with Gasteiger partial charge >= 0.3 is 0 Å². The summed E-state index contributed by atoms with van der Waals surface area (Å²) in [5.41, 5.74) is 1.10. The number of methoxy groups -OCH3 is 1. The van der Waals surface area contributed by atoms with Gasteiger partial charge in [0.2, 0.25) is 0 Å². The highest BCUT2D eigenvalue weighted by Gasteiger charge is 2.46. The van der Waals surface area contributed by atoms with Crippen LogP contribution < -0.4 is 14.2 Å². The molecule has 38 heavy (non-hydrogen) atoms. The standard InChI is InChI=1S/C30H38N2O6/c1-6-18-37-23-13-10-21(11-14-23)28(33)26-27(22-12-15-24(38-19-7-2)25(20-22)36-5)32(30(35)29(26)34)17-16-31(8-3)9-4/h7,10-15,20,27,33H,2,6,8-9,16-19H2,1,3-5H3. The van der Waals surface area contributed by atoms with Crippen LogP contribution in [0.5, 0.6) is 17.2 Å². The molecule has 1 saturated heterocycles. The minimum atomic E-state index is -0.788. The van der Waals surface area contributed by atoms with Crippen molar-refractivity contribution in [2.75, 3.05) is 46.5 Å². The number of aliphatic hydroxyl groups is 1. The van der Waals surface area contributed by atoms with Crippen LogP contribution in [0.4, 0.5) is 0 Å². The van der Waals surface area contributed by atoms with E-state index in [0.29, 0.717) is 54.7 Å². The van der Waals surface area contributed by atoms with Crippen molar-refractivity contribution in [1.82, 2.24) is 9.80 Å². The van der Waals surface area contributed by atoms with Crippen molar-refractivity contribution in [1.29, 1.82) is 0 Å². The molecular formula is C30H38N2O6. The van der Waals surface area contributed by atoms with Gasteiger partial charge in [0.25, 0.3) is 11.7 Å². The lowest BCUT2D eigenvalue weighted by molar-refractivity contribution is -0.140. The number of likely N-dealkylation sites (N-methyl/N-ethyl adjacent to an activating group) is 1. The van der Waals surface area contributed by atoms with Gasteiger partial charge in [0.1, 0.15) is 18.1 Å². The van der Waals surface area contributed by atoms with Crippen LogP contribution in [0.1, 0.15) is 44.4 Å². The maximum absolute atomic E-state index is 13.4. The molecule has 1 fully saturated rings. The molecule has 0 bridgehead atoms. The fraction of sp³-hybridized carbons (Fsp3) is 0.400. The van der Waals surface area contributed by atoms with Gasteiger partial charge in [-0.3, -0.25) is 9.59 Å². The number of hydrogen-bond acceptors (Lipinski definition) is 7. The predicted molar refractivity (Wildman–Crippen MR) is 148 cm³/mol. The van der Waals surface area contributed by atoms with Gasteiger partial charge in [0.15, 0.2) is 11.5 Å². The Balaban J connectivity index is 2.09. The number of Topliss-reactive ketones (excluding diaryl/α,β-unsaturated/α-hetero) is 1. The molecule has 1 amide bonds. The molecule has 1 aliphatic rings. The number of amides is 1. The van der Waals surface area contributed by atoms with Gasteiger partial charge in [-0.05, 0) is 61.5 Å². The van der Waals surface area contributed by atoms with Crippen molar-refractivity contribution < 1.29 is 28.9 Å². The second kappa shape index (κ2) is 13.7. The molecule has 1 aliphatic heterocycles. The highest BCUT2D eigenvalue weighted by molar-refractivity contribution is 6.46. The Bertz CT molecular complexity index is 1150. The molecule has 3 rings (SSSR count). The molecule has 1 unspecified atom stereocenters. The number of aliphatic hydroxyl groups excluding tert-OH is 1. The molecule has 0 radical (unpaired) electrons. The maximum Gasteiger partial charge on any atom is 0.295 e.